The molecule has 21 heavy (non-hydrogen) atoms. The lowest BCUT2D eigenvalue weighted by molar-refractivity contribution is -0.384. The van der Waals surface area contributed by atoms with Crippen LogP contribution in [-0.2, 0) is 9.84 Å². The number of hydrogen-bond acceptors (Lipinski definition) is 6. The summed E-state index contributed by atoms with van der Waals surface area (Å²) in [6.07, 6.45) is 1.07. The van der Waals surface area contributed by atoms with E-state index >= 15 is 0 Å². The van der Waals surface area contributed by atoms with Crippen molar-refractivity contribution < 1.29 is 18.1 Å². The number of carbonyl (C=O) groups excluding carboxylic acids is 1. The van der Waals surface area contributed by atoms with Gasteiger partial charge in [-0.05, 0) is 13.0 Å². The monoisotopic (exact) mass is 315 g/mol. The van der Waals surface area contributed by atoms with Crippen molar-refractivity contribution in [3.63, 3.8) is 0 Å². The molecule has 0 atom stereocenters. The summed E-state index contributed by atoms with van der Waals surface area (Å²) >= 11 is 0. The summed E-state index contributed by atoms with van der Waals surface area (Å²) in [5, 5.41) is 16.2. The van der Waals surface area contributed by atoms with Crippen LogP contribution in [0.1, 0.15) is 17.3 Å². The Hall–Kier alpha value is -2.16. The van der Waals surface area contributed by atoms with Gasteiger partial charge in [0.15, 0.2) is 0 Å². The van der Waals surface area contributed by atoms with Gasteiger partial charge in [-0.1, -0.05) is 6.07 Å². The van der Waals surface area contributed by atoms with Crippen LogP contribution in [0.5, 0.6) is 0 Å². The third-order valence-electron chi connectivity index (χ3n) is 2.60. The normalized spacial score (nSPS) is 11.0. The first kappa shape index (κ1) is 16.9. The molecule has 1 rings (SSSR count). The Balaban J connectivity index is 2.98. The number of nitrogens with one attached hydrogen (secondary N) is 2. The number of sulfone groups is 1. The molecule has 0 aliphatic rings. The zero-order valence-electron chi connectivity index (χ0n) is 11.8. The van der Waals surface area contributed by atoms with Gasteiger partial charge in [0.25, 0.3) is 11.6 Å². The summed E-state index contributed by atoms with van der Waals surface area (Å²) in [6, 6.07) is 4.15. The first-order valence-corrected chi connectivity index (χ1v) is 8.29. The molecular weight excluding hydrogens is 298 g/mol. The fourth-order valence-electron chi connectivity index (χ4n) is 1.69. The molecule has 0 fully saturated rings. The Bertz CT molecular complexity index is 642. The Labute approximate surface area is 122 Å². The molecule has 0 bridgehead atoms. The molecule has 0 spiro atoms. The van der Waals surface area contributed by atoms with Gasteiger partial charge in [0.05, 0.1) is 16.2 Å². The average Bonchev–Trinajstić information content (AvgIpc) is 2.37. The number of nitro benzene ring substituents is 1. The van der Waals surface area contributed by atoms with E-state index in [1.165, 1.54) is 18.2 Å². The van der Waals surface area contributed by atoms with Crippen molar-refractivity contribution in [2.75, 3.05) is 30.4 Å². The summed E-state index contributed by atoms with van der Waals surface area (Å²) < 4.78 is 22.0. The van der Waals surface area contributed by atoms with E-state index in [-0.39, 0.29) is 29.2 Å². The minimum absolute atomic E-state index is 0.0497. The highest BCUT2D eigenvalue weighted by atomic mass is 32.2. The van der Waals surface area contributed by atoms with Crippen LogP contribution in [0.4, 0.5) is 11.4 Å². The minimum Gasteiger partial charge on any atom is -0.379 e. The summed E-state index contributed by atoms with van der Waals surface area (Å²) in [6.45, 7) is 2.11. The number of amides is 1. The molecule has 8 nitrogen and oxygen atoms in total. The quantitative estimate of drug-likeness (QED) is 0.567. The van der Waals surface area contributed by atoms with Gasteiger partial charge in [0.1, 0.15) is 15.5 Å². The number of para-hydroxylation sites is 1. The van der Waals surface area contributed by atoms with Crippen LogP contribution in [0.25, 0.3) is 0 Å². The lowest BCUT2D eigenvalue weighted by Crippen LogP contribution is -2.29. The number of hydrogen-bond donors (Lipinski definition) is 2. The van der Waals surface area contributed by atoms with E-state index < -0.39 is 20.7 Å². The number of nitrogens with zero attached hydrogens (tertiary/aromatic N) is 1. The maximum atomic E-state index is 12.0. The first-order valence-electron chi connectivity index (χ1n) is 6.23. The Kier molecular flexibility index (Phi) is 5.65. The molecule has 0 radical (unpaired) electrons. The van der Waals surface area contributed by atoms with Crippen LogP contribution >= 0.6 is 0 Å². The molecular formula is C12H17N3O5S. The van der Waals surface area contributed by atoms with Crippen molar-refractivity contribution in [2.45, 2.75) is 6.92 Å². The molecule has 0 heterocycles. The zero-order chi connectivity index (χ0) is 16.0. The number of nitro groups is 1. The number of anilines is 1. The van der Waals surface area contributed by atoms with Crippen LogP contribution in [0.15, 0.2) is 18.2 Å². The smallest absolute Gasteiger partial charge is 0.293 e. The van der Waals surface area contributed by atoms with Gasteiger partial charge in [-0.15, -0.1) is 0 Å². The molecule has 0 unspecified atom stereocenters. The standard InChI is InChI=1S/C12H17N3O5S/c1-3-13-11-9(5-4-6-10(11)15(17)18)12(16)14-7-8-21(2,19)20/h4-6,13H,3,7-8H2,1-2H3,(H,14,16). The lowest BCUT2D eigenvalue weighted by Gasteiger charge is -2.11. The van der Waals surface area contributed by atoms with Crippen molar-refractivity contribution in [1.29, 1.82) is 0 Å². The van der Waals surface area contributed by atoms with Crippen LogP contribution in [0, 0.1) is 10.1 Å². The molecule has 0 aromatic heterocycles. The molecule has 0 saturated carbocycles. The predicted octanol–water partition coefficient (Wildman–Crippen LogP) is 0.801. The van der Waals surface area contributed by atoms with Gasteiger partial charge >= 0.3 is 0 Å². The fourth-order valence-corrected chi connectivity index (χ4v) is 2.16. The van der Waals surface area contributed by atoms with E-state index in [4.69, 9.17) is 0 Å². The molecule has 9 heteroatoms. The van der Waals surface area contributed by atoms with E-state index in [2.05, 4.69) is 10.6 Å². The second kappa shape index (κ2) is 7.02. The zero-order valence-corrected chi connectivity index (χ0v) is 12.6. The molecule has 0 aliphatic carbocycles. The second-order valence-corrected chi connectivity index (χ2v) is 6.63. The molecule has 2 N–H and O–H groups in total. The van der Waals surface area contributed by atoms with Crippen LogP contribution in [0.2, 0.25) is 0 Å². The maximum absolute atomic E-state index is 12.0. The number of rotatable bonds is 7. The molecule has 1 aromatic rings. The molecule has 1 amide bonds. The topological polar surface area (TPSA) is 118 Å². The van der Waals surface area contributed by atoms with Crippen molar-refractivity contribution in [3.05, 3.63) is 33.9 Å². The van der Waals surface area contributed by atoms with Crippen molar-refractivity contribution in [1.82, 2.24) is 5.32 Å². The second-order valence-electron chi connectivity index (χ2n) is 4.37. The van der Waals surface area contributed by atoms with E-state index in [0.717, 1.165) is 6.26 Å². The van der Waals surface area contributed by atoms with Crippen LogP contribution in [-0.4, -0.2) is 44.3 Å². The average molecular weight is 315 g/mol. The molecule has 0 aliphatic heterocycles. The van der Waals surface area contributed by atoms with E-state index in [9.17, 15) is 23.3 Å². The molecule has 1 aromatic carbocycles. The highest BCUT2D eigenvalue weighted by molar-refractivity contribution is 7.90. The molecule has 116 valence electrons. The number of carbonyl (C=O) groups is 1. The van der Waals surface area contributed by atoms with Gasteiger partial charge in [0.2, 0.25) is 0 Å². The van der Waals surface area contributed by atoms with Crippen molar-refractivity contribution in [3.8, 4) is 0 Å². The highest BCUT2D eigenvalue weighted by Crippen LogP contribution is 2.28. The predicted molar refractivity (Wildman–Crippen MR) is 79.3 cm³/mol. The van der Waals surface area contributed by atoms with E-state index in [1.807, 2.05) is 0 Å². The van der Waals surface area contributed by atoms with Gasteiger partial charge in [-0.25, -0.2) is 8.42 Å². The third kappa shape index (κ3) is 5.03. The van der Waals surface area contributed by atoms with Gasteiger partial charge in [-0.3, -0.25) is 14.9 Å². The Morgan fingerprint density at radius 2 is 2.05 bits per heavy atom. The maximum Gasteiger partial charge on any atom is 0.293 e. The first-order chi connectivity index (χ1) is 9.76. The largest absolute Gasteiger partial charge is 0.379 e. The molecule has 0 saturated heterocycles. The summed E-state index contributed by atoms with van der Waals surface area (Å²) in [5.74, 6) is -0.747. The Morgan fingerprint density at radius 1 is 1.38 bits per heavy atom. The van der Waals surface area contributed by atoms with Crippen molar-refractivity contribution in [2.24, 2.45) is 0 Å². The van der Waals surface area contributed by atoms with Crippen molar-refractivity contribution >= 4 is 27.1 Å². The Morgan fingerprint density at radius 3 is 2.57 bits per heavy atom. The van der Waals surface area contributed by atoms with Crippen LogP contribution in [0.3, 0.4) is 0 Å². The fraction of sp³-hybridized carbons (Fsp3) is 0.417. The number of benzene rings is 1. The summed E-state index contributed by atoms with van der Waals surface area (Å²) in [7, 11) is -3.18. The van der Waals surface area contributed by atoms with E-state index in [0.29, 0.717) is 6.54 Å². The van der Waals surface area contributed by atoms with Crippen LogP contribution < -0.4 is 10.6 Å². The minimum atomic E-state index is -3.18. The third-order valence-corrected chi connectivity index (χ3v) is 3.54. The van der Waals surface area contributed by atoms with Gasteiger partial charge < -0.3 is 10.6 Å². The summed E-state index contributed by atoms with van der Waals surface area (Å²) in [4.78, 5) is 22.4. The summed E-state index contributed by atoms with van der Waals surface area (Å²) in [5.41, 5.74) is 0.0361. The SMILES string of the molecule is CCNc1c(C(=O)NCCS(C)(=O)=O)cccc1[N+](=O)[O-]. The highest BCUT2D eigenvalue weighted by Gasteiger charge is 2.21. The lowest BCUT2D eigenvalue weighted by atomic mass is 10.1. The van der Waals surface area contributed by atoms with E-state index in [1.54, 1.807) is 6.92 Å². The van der Waals surface area contributed by atoms with Gasteiger partial charge in [0, 0.05) is 25.4 Å². The van der Waals surface area contributed by atoms with Gasteiger partial charge in [-0.2, -0.15) is 0 Å².